The summed E-state index contributed by atoms with van der Waals surface area (Å²) in [4.78, 5) is 9.68. The summed E-state index contributed by atoms with van der Waals surface area (Å²) in [6, 6.07) is 8.58. The lowest BCUT2D eigenvalue weighted by Crippen LogP contribution is -2.41. The predicted octanol–water partition coefficient (Wildman–Crippen LogP) is 3.83. The van der Waals surface area contributed by atoms with Gasteiger partial charge in [-0.05, 0) is 43.9 Å². The molecule has 2 fully saturated rings. The molecule has 0 saturated carbocycles. The van der Waals surface area contributed by atoms with Crippen LogP contribution in [0.2, 0.25) is 0 Å². The van der Waals surface area contributed by atoms with E-state index in [0.29, 0.717) is 11.8 Å². The van der Waals surface area contributed by atoms with Crippen LogP contribution in [0.25, 0.3) is 0 Å². The largest absolute Gasteiger partial charge is 0.381 e. The molecular weight excluding hydrogens is 519 g/mol. The van der Waals surface area contributed by atoms with Crippen molar-refractivity contribution in [3.63, 3.8) is 0 Å². The maximum absolute atomic E-state index is 5.51. The molecule has 0 bridgehead atoms. The molecule has 2 aliphatic heterocycles. The van der Waals surface area contributed by atoms with Crippen LogP contribution in [0.15, 0.2) is 33.7 Å². The highest BCUT2D eigenvalue weighted by Gasteiger charge is 2.23. The molecular formula is C20H32BrIN4O. The molecule has 0 spiro atoms. The molecule has 2 atom stereocenters. The lowest BCUT2D eigenvalue weighted by atomic mass is 10.1. The molecule has 0 aromatic heterocycles. The van der Waals surface area contributed by atoms with Gasteiger partial charge in [-0.1, -0.05) is 22.0 Å². The van der Waals surface area contributed by atoms with Gasteiger partial charge in [0.1, 0.15) is 0 Å². The maximum atomic E-state index is 5.51. The molecule has 0 amide bonds. The van der Waals surface area contributed by atoms with E-state index in [1.807, 2.05) is 0 Å². The zero-order valence-corrected chi connectivity index (χ0v) is 20.3. The Hall–Kier alpha value is -0.540. The molecule has 0 aliphatic carbocycles. The molecule has 0 radical (unpaired) electrons. The van der Waals surface area contributed by atoms with Crippen LogP contribution >= 0.6 is 39.9 Å². The molecule has 3 rings (SSSR count). The van der Waals surface area contributed by atoms with Crippen molar-refractivity contribution in [2.24, 2.45) is 16.8 Å². The number of nitrogens with zero attached hydrogens (tertiary/aromatic N) is 3. The minimum Gasteiger partial charge on any atom is -0.381 e. The number of benzene rings is 1. The van der Waals surface area contributed by atoms with Gasteiger partial charge >= 0.3 is 0 Å². The van der Waals surface area contributed by atoms with Crippen LogP contribution in [0.5, 0.6) is 0 Å². The van der Waals surface area contributed by atoms with Gasteiger partial charge in [0.15, 0.2) is 5.96 Å². The van der Waals surface area contributed by atoms with Crippen LogP contribution < -0.4 is 10.2 Å². The lowest BCUT2D eigenvalue weighted by molar-refractivity contribution is 0.181. The summed E-state index contributed by atoms with van der Waals surface area (Å²) in [6.07, 6.45) is 2.36. The van der Waals surface area contributed by atoms with Crippen molar-refractivity contribution in [1.29, 1.82) is 0 Å². The van der Waals surface area contributed by atoms with Crippen molar-refractivity contribution in [3.8, 4) is 0 Å². The quantitative estimate of drug-likeness (QED) is 0.332. The third kappa shape index (κ3) is 6.78. The average Bonchev–Trinajstić information content (AvgIpc) is 3.30. The fourth-order valence-corrected chi connectivity index (χ4v) is 4.16. The minimum atomic E-state index is 0. The third-order valence-corrected chi connectivity index (χ3v) is 5.70. The summed E-state index contributed by atoms with van der Waals surface area (Å²) in [7, 11) is 2.14. The van der Waals surface area contributed by atoms with Crippen molar-refractivity contribution in [2.75, 3.05) is 57.9 Å². The highest BCUT2D eigenvalue weighted by atomic mass is 127. The van der Waals surface area contributed by atoms with Gasteiger partial charge in [-0.25, -0.2) is 0 Å². The Morgan fingerprint density at radius 1 is 1.37 bits per heavy atom. The van der Waals surface area contributed by atoms with Crippen LogP contribution in [0.3, 0.4) is 0 Å². The fourth-order valence-electron chi connectivity index (χ4n) is 3.78. The summed E-state index contributed by atoms with van der Waals surface area (Å²) in [5, 5.41) is 3.45. The molecule has 1 aromatic rings. The number of halogens is 2. The number of hydrogen-bond acceptors (Lipinski definition) is 3. The number of guanidine groups is 1. The van der Waals surface area contributed by atoms with Crippen molar-refractivity contribution in [1.82, 2.24) is 10.2 Å². The maximum Gasteiger partial charge on any atom is 0.193 e. The standard InChI is InChI=1S/C20H31BrN4O.HI/c1-3-22-20(24(2)13-17-8-10-26-15-17)23-12-16-7-9-25(14-16)19-6-4-5-18(21)11-19;/h4-6,11,16-17H,3,7-10,12-15H2,1-2H3,(H,22,23);1H. The molecule has 2 aliphatic rings. The SMILES string of the molecule is CCNC(=NCC1CCN(c2cccc(Br)c2)C1)N(C)CC1CCOC1.I. The first-order valence-electron chi connectivity index (χ1n) is 9.73. The monoisotopic (exact) mass is 550 g/mol. The second-order valence-corrected chi connectivity index (χ2v) is 8.30. The smallest absolute Gasteiger partial charge is 0.193 e. The summed E-state index contributed by atoms with van der Waals surface area (Å²) >= 11 is 3.57. The van der Waals surface area contributed by atoms with E-state index in [2.05, 4.69) is 69.3 Å². The minimum absolute atomic E-state index is 0. The van der Waals surface area contributed by atoms with E-state index in [1.54, 1.807) is 0 Å². The zero-order chi connectivity index (χ0) is 18.4. The van der Waals surface area contributed by atoms with E-state index >= 15 is 0 Å². The Bertz CT molecular complexity index is 609. The summed E-state index contributed by atoms with van der Waals surface area (Å²) < 4.78 is 6.65. The molecule has 27 heavy (non-hydrogen) atoms. The third-order valence-electron chi connectivity index (χ3n) is 5.21. The van der Waals surface area contributed by atoms with Gasteiger partial charge in [0.05, 0.1) is 6.61 Å². The summed E-state index contributed by atoms with van der Waals surface area (Å²) in [6.45, 7) is 8.92. The Morgan fingerprint density at radius 3 is 2.93 bits per heavy atom. The Kier molecular flexibility index (Phi) is 9.65. The van der Waals surface area contributed by atoms with Gasteiger partial charge < -0.3 is 19.9 Å². The number of anilines is 1. The first kappa shape index (κ1) is 22.7. The lowest BCUT2D eigenvalue weighted by Gasteiger charge is -2.25. The van der Waals surface area contributed by atoms with Gasteiger partial charge in [0.25, 0.3) is 0 Å². The van der Waals surface area contributed by atoms with E-state index in [9.17, 15) is 0 Å². The first-order chi connectivity index (χ1) is 12.7. The number of hydrogen-bond donors (Lipinski definition) is 1. The van der Waals surface area contributed by atoms with E-state index in [0.717, 1.165) is 62.8 Å². The van der Waals surface area contributed by atoms with Gasteiger partial charge in [0.2, 0.25) is 0 Å². The van der Waals surface area contributed by atoms with Crippen LogP contribution in [0.1, 0.15) is 19.8 Å². The van der Waals surface area contributed by atoms with Crippen molar-refractivity contribution < 1.29 is 4.74 Å². The topological polar surface area (TPSA) is 40.1 Å². The van der Waals surface area contributed by atoms with Crippen molar-refractivity contribution in [2.45, 2.75) is 19.8 Å². The number of aliphatic imine (C=N–C) groups is 1. The first-order valence-corrected chi connectivity index (χ1v) is 10.5. The Labute approximate surface area is 189 Å². The Balaban J connectivity index is 0.00000261. The molecule has 2 saturated heterocycles. The van der Waals surface area contributed by atoms with Gasteiger partial charge in [0, 0.05) is 62.5 Å². The van der Waals surface area contributed by atoms with Crippen molar-refractivity contribution >= 4 is 51.6 Å². The van der Waals surface area contributed by atoms with E-state index in [-0.39, 0.29) is 24.0 Å². The number of ether oxygens (including phenoxy) is 1. The normalized spacial score (nSPS) is 22.6. The zero-order valence-electron chi connectivity index (χ0n) is 16.4. The van der Waals surface area contributed by atoms with E-state index < -0.39 is 0 Å². The predicted molar refractivity (Wildman–Crippen MR) is 127 cm³/mol. The molecule has 2 heterocycles. The Morgan fingerprint density at radius 2 is 2.22 bits per heavy atom. The molecule has 152 valence electrons. The molecule has 2 unspecified atom stereocenters. The number of nitrogens with one attached hydrogen (secondary N) is 1. The van der Waals surface area contributed by atoms with Crippen LogP contribution in [-0.4, -0.2) is 63.8 Å². The number of rotatable bonds is 6. The van der Waals surface area contributed by atoms with Crippen LogP contribution in [0, 0.1) is 11.8 Å². The van der Waals surface area contributed by atoms with Gasteiger partial charge in [-0.15, -0.1) is 24.0 Å². The van der Waals surface area contributed by atoms with Crippen molar-refractivity contribution in [3.05, 3.63) is 28.7 Å². The summed E-state index contributed by atoms with van der Waals surface area (Å²) in [5.41, 5.74) is 1.30. The van der Waals surface area contributed by atoms with Gasteiger partial charge in [-0.3, -0.25) is 4.99 Å². The molecule has 5 nitrogen and oxygen atoms in total. The highest BCUT2D eigenvalue weighted by Crippen LogP contribution is 2.26. The van der Waals surface area contributed by atoms with Gasteiger partial charge in [-0.2, -0.15) is 0 Å². The molecule has 1 N–H and O–H groups in total. The summed E-state index contributed by atoms with van der Waals surface area (Å²) in [5.74, 6) is 2.27. The second kappa shape index (κ2) is 11.5. The second-order valence-electron chi connectivity index (χ2n) is 7.39. The van der Waals surface area contributed by atoms with E-state index in [1.165, 1.54) is 12.1 Å². The fraction of sp³-hybridized carbons (Fsp3) is 0.650. The highest BCUT2D eigenvalue weighted by molar-refractivity contribution is 14.0. The molecule has 1 aromatic carbocycles. The molecule has 7 heteroatoms. The van der Waals surface area contributed by atoms with E-state index in [4.69, 9.17) is 9.73 Å². The average molecular weight is 551 g/mol. The van der Waals surface area contributed by atoms with Crippen LogP contribution in [-0.2, 0) is 4.74 Å². The van der Waals surface area contributed by atoms with Crippen LogP contribution in [0.4, 0.5) is 5.69 Å².